The van der Waals surface area contributed by atoms with E-state index in [4.69, 9.17) is 0 Å². The van der Waals surface area contributed by atoms with Crippen molar-refractivity contribution in [2.24, 2.45) is 5.92 Å². The second-order valence-corrected chi connectivity index (χ2v) is 8.17. The van der Waals surface area contributed by atoms with Crippen molar-refractivity contribution in [1.29, 1.82) is 0 Å². The van der Waals surface area contributed by atoms with Crippen molar-refractivity contribution in [2.75, 3.05) is 32.4 Å². The number of aryl methyl sites for hydroxylation is 1. The Hall–Kier alpha value is -0.230. The minimum atomic E-state index is 0. The van der Waals surface area contributed by atoms with E-state index in [1.165, 1.54) is 29.7 Å². The molecule has 1 aromatic heterocycles. The van der Waals surface area contributed by atoms with Gasteiger partial charge in [-0.1, -0.05) is 0 Å². The number of amides is 1. The van der Waals surface area contributed by atoms with E-state index in [1.807, 2.05) is 30.1 Å². The van der Waals surface area contributed by atoms with E-state index in [0.717, 1.165) is 37.7 Å². The number of halogens is 1. The summed E-state index contributed by atoms with van der Waals surface area (Å²) in [6.07, 6.45) is 4.71. The lowest BCUT2D eigenvalue weighted by Crippen LogP contribution is -2.41. The number of thioether (sulfide) groups is 1. The third-order valence-corrected chi connectivity index (χ3v) is 6.85. The van der Waals surface area contributed by atoms with Crippen molar-refractivity contribution in [3.8, 4) is 0 Å². The van der Waals surface area contributed by atoms with Gasteiger partial charge in [0, 0.05) is 18.0 Å². The summed E-state index contributed by atoms with van der Waals surface area (Å²) in [6.45, 7) is 2.99. The molecule has 0 radical (unpaired) electrons. The monoisotopic (exact) mass is 360 g/mol. The number of thiophene rings is 1. The third kappa shape index (κ3) is 3.99. The first-order chi connectivity index (χ1) is 10.3. The fourth-order valence-corrected chi connectivity index (χ4v) is 5.68. The number of carbonyl (C=O) groups is 1. The lowest BCUT2D eigenvalue weighted by Gasteiger charge is -2.35. The van der Waals surface area contributed by atoms with Crippen LogP contribution in [-0.2, 0) is 11.2 Å². The van der Waals surface area contributed by atoms with E-state index in [2.05, 4.69) is 21.7 Å². The number of hydrogen-bond donors (Lipinski definition) is 1. The van der Waals surface area contributed by atoms with Crippen molar-refractivity contribution < 1.29 is 4.79 Å². The molecule has 2 aliphatic rings. The summed E-state index contributed by atoms with van der Waals surface area (Å²) >= 11 is 3.64. The fourth-order valence-electron chi connectivity index (χ4n) is 3.31. The van der Waals surface area contributed by atoms with Crippen LogP contribution in [0.1, 0.15) is 35.0 Å². The zero-order valence-corrected chi connectivity index (χ0v) is 15.5. The van der Waals surface area contributed by atoms with E-state index < -0.39 is 0 Å². The highest BCUT2D eigenvalue weighted by Gasteiger charge is 2.32. The number of fused-ring (bicyclic) bond motifs is 1. The summed E-state index contributed by atoms with van der Waals surface area (Å²) in [6, 6.07) is 2.16. The Morgan fingerprint density at radius 2 is 2.18 bits per heavy atom. The Labute approximate surface area is 147 Å². The molecule has 0 spiro atoms. The number of hydrogen-bond acceptors (Lipinski definition) is 4. The smallest absolute Gasteiger partial charge is 0.240 e. The summed E-state index contributed by atoms with van der Waals surface area (Å²) in [7, 11) is 2.01. The number of nitrogens with one attached hydrogen (secondary N) is 1. The Morgan fingerprint density at radius 3 is 2.91 bits per heavy atom. The summed E-state index contributed by atoms with van der Waals surface area (Å²) in [5, 5.41) is 5.43. The molecule has 0 saturated carbocycles. The summed E-state index contributed by atoms with van der Waals surface area (Å²) in [5.74, 6) is 2.23. The van der Waals surface area contributed by atoms with Crippen LogP contribution in [-0.4, -0.2) is 43.2 Å². The van der Waals surface area contributed by atoms with E-state index in [0.29, 0.717) is 5.91 Å². The van der Waals surface area contributed by atoms with Gasteiger partial charge in [0.25, 0.3) is 0 Å². The van der Waals surface area contributed by atoms with Crippen LogP contribution in [0.4, 0.5) is 0 Å². The molecular weight excluding hydrogens is 336 g/mol. The molecule has 1 amide bonds. The van der Waals surface area contributed by atoms with Crippen molar-refractivity contribution in [3.05, 3.63) is 21.9 Å². The molecule has 1 fully saturated rings. The topological polar surface area (TPSA) is 32.3 Å². The summed E-state index contributed by atoms with van der Waals surface area (Å²) in [4.78, 5) is 16.4. The normalized spacial score (nSPS) is 22.0. The molecule has 0 bridgehead atoms. The SMILES string of the molecule is CNCCC1CCN(C(=O)C2SCCc3sccc32)CC1.Cl. The molecule has 1 N–H and O–H groups in total. The van der Waals surface area contributed by atoms with Crippen LogP contribution >= 0.6 is 35.5 Å². The van der Waals surface area contributed by atoms with Crippen LogP contribution in [0, 0.1) is 5.92 Å². The molecular formula is C16H25ClN2OS2. The predicted molar refractivity (Wildman–Crippen MR) is 98.3 cm³/mol. The highest BCUT2D eigenvalue weighted by molar-refractivity contribution is 8.00. The van der Waals surface area contributed by atoms with Gasteiger partial charge < -0.3 is 10.2 Å². The molecule has 0 aromatic carbocycles. The zero-order chi connectivity index (χ0) is 14.7. The van der Waals surface area contributed by atoms with Crippen LogP contribution in [0.2, 0.25) is 0 Å². The van der Waals surface area contributed by atoms with Gasteiger partial charge in [-0.3, -0.25) is 4.79 Å². The maximum atomic E-state index is 12.8. The molecule has 124 valence electrons. The number of carbonyl (C=O) groups excluding carboxylic acids is 1. The third-order valence-electron chi connectivity index (χ3n) is 4.63. The lowest BCUT2D eigenvalue weighted by molar-refractivity contribution is -0.132. The first-order valence-corrected chi connectivity index (χ1v) is 9.83. The molecule has 1 saturated heterocycles. The van der Waals surface area contributed by atoms with Crippen LogP contribution in [0.5, 0.6) is 0 Å². The fraction of sp³-hybridized carbons (Fsp3) is 0.688. The Kier molecular flexibility index (Phi) is 7.06. The van der Waals surface area contributed by atoms with Crippen molar-refractivity contribution >= 4 is 41.4 Å². The molecule has 3 nitrogen and oxygen atoms in total. The van der Waals surface area contributed by atoms with Crippen molar-refractivity contribution in [3.63, 3.8) is 0 Å². The van der Waals surface area contributed by atoms with E-state index >= 15 is 0 Å². The molecule has 6 heteroatoms. The maximum Gasteiger partial charge on any atom is 0.240 e. The highest BCUT2D eigenvalue weighted by Crippen LogP contribution is 2.41. The quantitative estimate of drug-likeness (QED) is 0.893. The van der Waals surface area contributed by atoms with Gasteiger partial charge in [0.05, 0.1) is 0 Å². The molecule has 0 aliphatic carbocycles. The molecule has 2 aliphatic heterocycles. The minimum Gasteiger partial charge on any atom is -0.341 e. The van der Waals surface area contributed by atoms with Gasteiger partial charge in [-0.05, 0) is 68.0 Å². The summed E-state index contributed by atoms with van der Waals surface area (Å²) in [5.41, 5.74) is 1.29. The molecule has 3 heterocycles. The molecule has 22 heavy (non-hydrogen) atoms. The van der Waals surface area contributed by atoms with Gasteiger partial charge in [0.15, 0.2) is 0 Å². The highest BCUT2D eigenvalue weighted by atomic mass is 35.5. The van der Waals surface area contributed by atoms with Crippen LogP contribution in [0.3, 0.4) is 0 Å². The average Bonchev–Trinajstić information content (AvgIpc) is 3.01. The van der Waals surface area contributed by atoms with Crippen LogP contribution in [0.25, 0.3) is 0 Å². The minimum absolute atomic E-state index is 0. The Balaban J connectivity index is 0.00000176. The first-order valence-electron chi connectivity index (χ1n) is 7.91. The second kappa shape index (κ2) is 8.57. The van der Waals surface area contributed by atoms with Crippen molar-refractivity contribution in [1.82, 2.24) is 10.2 Å². The average molecular weight is 361 g/mol. The van der Waals surface area contributed by atoms with Gasteiger partial charge >= 0.3 is 0 Å². The van der Waals surface area contributed by atoms with E-state index in [-0.39, 0.29) is 17.7 Å². The van der Waals surface area contributed by atoms with Gasteiger partial charge in [0.2, 0.25) is 5.91 Å². The Bertz CT molecular complexity index is 486. The molecule has 3 rings (SSSR count). The van der Waals surface area contributed by atoms with Gasteiger partial charge in [-0.15, -0.1) is 35.5 Å². The van der Waals surface area contributed by atoms with Gasteiger partial charge in [0.1, 0.15) is 5.25 Å². The van der Waals surface area contributed by atoms with Crippen LogP contribution < -0.4 is 5.32 Å². The van der Waals surface area contributed by atoms with Crippen LogP contribution in [0.15, 0.2) is 11.4 Å². The lowest BCUT2D eigenvalue weighted by atomic mass is 9.93. The first kappa shape index (κ1) is 18.1. The largest absolute Gasteiger partial charge is 0.341 e. The van der Waals surface area contributed by atoms with Gasteiger partial charge in [-0.25, -0.2) is 0 Å². The number of rotatable bonds is 4. The molecule has 1 atom stereocenters. The standard InChI is InChI=1S/C16H24N2OS2.ClH/c1-17-7-2-12-3-8-18(9-4-12)16(19)15-13-5-10-20-14(13)6-11-21-15;/h5,10,12,15,17H,2-4,6-9,11H2,1H3;1H. The number of piperidine rings is 1. The molecule has 1 aromatic rings. The second-order valence-electron chi connectivity index (χ2n) is 5.96. The van der Waals surface area contributed by atoms with Gasteiger partial charge in [-0.2, -0.15) is 0 Å². The van der Waals surface area contributed by atoms with E-state index in [1.54, 1.807) is 0 Å². The summed E-state index contributed by atoms with van der Waals surface area (Å²) < 4.78 is 0. The molecule has 1 unspecified atom stereocenters. The maximum absolute atomic E-state index is 12.8. The Morgan fingerprint density at radius 1 is 1.41 bits per heavy atom. The number of nitrogens with zero attached hydrogens (tertiary/aromatic N) is 1. The zero-order valence-electron chi connectivity index (χ0n) is 13.0. The number of likely N-dealkylation sites (tertiary alicyclic amines) is 1. The van der Waals surface area contributed by atoms with Crippen molar-refractivity contribution in [2.45, 2.75) is 30.9 Å². The predicted octanol–water partition coefficient (Wildman–Crippen LogP) is 3.35. The van der Waals surface area contributed by atoms with E-state index in [9.17, 15) is 4.79 Å².